The van der Waals surface area contributed by atoms with E-state index >= 15 is 0 Å². The number of anilines is 2. The lowest BCUT2D eigenvalue weighted by atomic mass is 10.1. The number of nitrogen functional groups attached to an aromatic ring is 1. The second-order valence-corrected chi connectivity index (χ2v) is 6.80. The quantitative estimate of drug-likeness (QED) is 0.910. The lowest BCUT2D eigenvalue weighted by Gasteiger charge is -2.24. The number of aryl methyl sites for hydroxylation is 1. The molecule has 1 aliphatic heterocycles. The molecular formula is C14H16N4O2S. The van der Waals surface area contributed by atoms with Crippen molar-refractivity contribution in [3.63, 3.8) is 0 Å². The molecule has 7 heteroatoms. The lowest BCUT2D eigenvalue weighted by molar-refractivity contribution is 0.588. The average molecular weight is 304 g/mol. The Morgan fingerprint density at radius 2 is 1.81 bits per heavy atom. The standard InChI is InChI=1S/C14H16N4O2S/c15-14-16-9-12(10-17-14)21(19,20)18-8-4-3-6-11-5-1-2-7-13(11)18/h1-2,5,7,9-10H,3-4,6,8H2,(H2,15,16,17). The molecule has 2 aromatic rings. The van der Waals surface area contributed by atoms with Gasteiger partial charge in [-0.25, -0.2) is 18.4 Å². The molecule has 0 unspecified atom stereocenters. The molecule has 3 rings (SSSR count). The molecule has 2 heterocycles. The molecule has 6 nitrogen and oxygen atoms in total. The lowest BCUT2D eigenvalue weighted by Crippen LogP contribution is -2.32. The van der Waals surface area contributed by atoms with Crippen molar-refractivity contribution >= 4 is 21.7 Å². The number of aromatic nitrogens is 2. The maximum Gasteiger partial charge on any atom is 0.267 e. The molecule has 21 heavy (non-hydrogen) atoms. The molecule has 0 aliphatic carbocycles. The number of sulfonamides is 1. The van der Waals surface area contributed by atoms with Crippen molar-refractivity contribution in [2.24, 2.45) is 0 Å². The summed E-state index contributed by atoms with van der Waals surface area (Å²) in [5.74, 6) is 0.0604. The van der Waals surface area contributed by atoms with Crippen molar-refractivity contribution < 1.29 is 8.42 Å². The number of nitrogens with zero attached hydrogens (tertiary/aromatic N) is 3. The van der Waals surface area contributed by atoms with Crippen LogP contribution in [-0.4, -0.2) is 24.9 Å². The first-order valence-electron chi connectivity index (χ1n) is 6.77. The van der Waals surface area contributed by atoms with Crippen LogP contribution in [0.5, 0.6) is 0 Å². The van der Waals surface area contributed by atoms with E-state index in [0.29, 0.717) is 6.54 Å². The van der Waals surface area contributed by atoms with Gasteiger partial charge in [-0.3, -0.25) is 4.31 Å². The van der Waals surface area contributed by atoms with Gasteiger partial charge in [-0.2, -0.15) is 0 Å². The van der Waals surface area contributed by atoms with Crippen LogP contribution in [0.15, 0.2) is 41.6 Å². The summed E-state index contributed by atoms with van der Waals surface area (Å²) in [7, 11) is -3.66. The van der Waals surface area contributed by atoms with Gasteiger partial charge in [0.25, 0.3) is 10.0 Å². The highest BCUT2D eigenvalue weighted by Gasteiger charge is 2.28. The number of fused-ring (bicyclic) bond motifs is 1. The van der Waals surface area contributed by atoms with Crippen LogP contribution in [0.3, 0.4) is 0 Å². The van der Waals surface area contributed by atoms with Gasteiger partial charge in [0.1, 0.15) is 4.90 Å². The Labute approximate surface area is 123 Å². The van der Waals surface area contributed by atoms with Gasteiger partial charge in [0.2, 0.25) is 5.95 Å². The first kappa shape index (κ1) is 13.8. The number of para-hydroxylation sites is 1. The van der Waals surface area contributed by atoms with Crippen molar-refractivity contribution in [2.75, 3.05) is 16.6 Å². The van der Waals surface area contributed by atoms with Crippen molar-refractivity contribution in [2.45, 2.75) is 24.2 Å². The van der Waals surface area contributed by atoms with Crippen molar-refractivity contribution in [1.29, 1.82) is 0 Å². The molecule has 110 valence electrons. The number of hydrogen-bond acceptors (Lipinski definition) is 5. The predicted octanol–water partition coefficient (Wildman–Crippen LogP) is 1.59. The van der Waals surface area contributed by atoms with Crippen molar-refractivity contribution in [3.8, 4) is 0 Å². The van der Waals surface area contributed by atoms with Crippen molar-refractivity contribution in [3.05, 3.63) is 42.2 Å². The SMILES string of the molecule is Nc1ncc(S(=O)(=O)N2CCCCc3ccccc32)cn1. The van der Waals surface area contributed by atoms with Gasteiger partial charge in [0.05, 0.1) is 18.1 Å². The summed E-state index contributed by atoms with van der Waals surface area (Å²) in [4.78, 5) is 7.62. The molecule has 0 amide bonds. The highest BCUT2D eigenvalue weighted by Crippen LogP contribution is 2.30. The fourth-order valence-corrected chi connectivity index (χ4v) is 3.93. The minimum Gasteiger partial charge on any atom is -0.368 e. The van der Waals surface area contributed by atoms with Gasteiger partial charge >= 0.3 is 0 Å². The summed E-state index contributed by atoms with van der Waals surface area (Å²) >= 11 is 0. The van der Waals surface area contributed by atoms with E-state index in [-0.39, 0.29) is 10.8 Å². The minimum atomic E-state index is -3.66. The molecule has 1 aromatic carbocycles. The summed E-state index contributed by atoms with van der Waals surface area (Å²) < 4.78 is 27.1. The van der Waals surface area contributed by atoms with Gasteiger partial charge in [0.15, 0.2) is 0 Å². The van der Waals surface area contributed by atoms with Crippen LogP contribution in [0.25, 0.3) is 0 Å². The summed E-state index contributed by atoms with van der Waals surface area (Å²) in [6.45, 7) is 0.462. The van der Waals surface area contributed by atoms with Crippen LogP contribution in [0.2, 0.25) is 0 Å². The molecule has 0 radical (unpaired) electrons. The number of hydrogen-bond donors (Lipinski definition) is 1. The first-order chi connectivity index (χ1) is 10.1. The third-order valence-electron chi connectivity index (χ3n) is 3.55. The molecule has 1 aromatic heterocycles. The predicted molar refractivity (Wildman–Crippen MR) is 80.4 cm³/mol. The average Bonchev–Trinajstić information content (AvgIpc) is 2.70. The maximum atomic E-state index is 12.8. The molecule has 1 aliphatic rings. The minimum absolute atomic E-state index is 0.0604. The zero-order valence-corrected chi connectivity index (χ0v) is 12.3. The highest BCUT2D eigenvalue weighted by molar-refractivity contribution is 7.92. The molecule has 2 N–H and O–H groups in total. The van der Waals surface area contributed by atoms with Crippen LogP contribution >= 0.6 is 0 Å². The van der Waals surface area contributed by atoms with Crippen LogP contribution in [0.1, 0.15) is 18.4 Å². The fourth-order valence-electron chi connectivity index (χ4n) is 2.49. The zero-order chi connectivity index (χ0) is 14.9. The van der Waals surface area contributed by atoms with E-state index < -0.39 is 10.0 Å². The Morgan fingerprint density at radius 1 is 1.10 bits per heavy atom. The Balaban J connectivity index is 2.08. The van der Waals surface area contributed by atoms with Gasteiger partial charge in [-0.05, 0) is 30.9 Å². The van der Waals surface area contributed by atoms with E-state index in [1.54, 1.807) is 0 Å². The Hall–Kier alpha value is -2.15. The topological polar surface area (TPSA) is 89.2 Å². The molecule has 0 fully saturated rings. The summed E-state index contributed by atoms with van der Waals surface area (Å²) in [5, 5.41) is 0. The number of rotatable bonds is 2. The molecule has 0 saturated heterocycles. The zero-order valence-electron chi connectivity index (χ0n) is 11.4. The monoisotopic (exact) mass is 304 g/mol. The van der Waals surface area contributed by atoms with Gasteiger partial charge < -0.3 is 5.73 Å². The molecule has 0 spiro atoms. The second-order valence-electron chi connectivity index (χ2n) is 4.94. The highest BCUT2D eigenvalue weighted by atomic mass is 32.2. The molecule has 0 bridgehead atoms. The van der Waals surface area contributed by atoms with Gasteiger partial charge in [-0.1, -0.05) is 18.2 Å². The number of nitrogens with two attached hydrogens (primary N) is 1. The molecule has 0 saturated carbocycles. The summed E-state index contributed by atoms with van der Waals surface area (Å²) in [6, 6.07) is 7.60. The van der Waals surface area contributed by atoms with E-state index in [2.05, 4.69) is 9.97 Å². The Morgan fingerprint density at radius 3 is 2.57 bits per heavy atom. The second kappa shape index (κ2) is 5.33. The largest absolute Gasteiger partial charge is 0.368 e. The van der Waals surface area contributed by atoms with E-state index in [4.69, 9.17) is 5.73 Å². The maximum absolute atomic E-state index is 12.8. The third kappa shape index (κ3) is 2.56. The summed E-state index contributed by atoms with van der Waals surface area (Å²) in [5.41, 5.74) is 7.21. The van der Waals surface area contributed by atoms with Crippen molar-refractivity contribution in [1.82, 2.24) is 9.97 Å². The first-order valence-corrected chi connectivity index (χ1v) is 8.21. The third-order valence-corrected chi connectivity index (χ3v) is 5.32. The van der Waals surface area contributed by atoms with E-state index in [1.807, 2.05) is 24.3 Å². The van der Waals surface area contributed by atoms with Crippen LogP contribution in [-0.2, 0) is 16.4 Å². The van der Waals surface area contributed by atoms with Crippen LogP contribution < -0.4 is 10.0 Å². The molecular weight excluding hydrogens is 288 g/mol. The molecule has 0 atom stereocenters. The van der Waals surface area contributed by atoms with Crippen LogP contribution in [0, 0.1) is 0 Å². The van der Waals surface area contributed by atoms with E-state index in [9.17, 15) is 8.42 Å². The van der Waals surface area contributed by atoms with Gasteiger partial charge in [-0.15, -0.1) is 0 Å². The van der Waals surface area contributed by atoms with Crippen LogP contribution in [0.4, 0.5) is 11.6 Å². The Kier molecular flexibility index (Phi) is 3.50. The fraction of sp³-hybridized carbons (Fsp3) is 0.286. The Bertz CT molecular complexity index is 744. The number of benzene rings is 1. The van der Waals surface area contributed by atoms with E-state index in [1.165, 1.54) is 16.7 Å². The smallest absolute Gasteiger partial charge is 0.267 e. The normalized spacial score (nSPS) is 15.3. The van der Waals surface area contributed by atoms with Gasteiger partial charge in [0, 0.05) is 6.54 Å². The van der Waals surface area contributed by atoms with E-state index in [0.717, 1.165) is 30.5 Å². The summed E-state index contributed by atoms with van der Waals surface area (Å²) in [6.07, 6.45) is 5.20.